The molecule has 0 fully saturated rings. The fraction of sp³-hybridized carbons (Fsp3) is 0.286. The Bertz CT molecular complexity index is 175. The summed E-state index contributed by atoms with van der Waals surface area (Å²) in [6.07, 6.45) is 1.63. The van der Waals surface area contributed by atoms with Gasteiger partial charge in [0, 0.05) is 6.42 Å². The molecule has 10 heavy (non-hydrogen) atoms. The summed E-state index contributed by atoms with van der Waals surface area (Å²) in [4.78, 5) is 10.3. The van der Waals surface area contributed by atoms with E-state index in [1.165, 1.54) is 13.0 Å². The predicted molar refractivity (Wildman–Crippen MR) is 37.8 cm³/mol. The molecule has 0 aromatic heterocycles. The molecular formula is C7H10O3. The number of carbonyl (C=O) groups is 1. The molecule has 0 aliphatic heterocycles. The second-order valence-electron chi connectivity index (χ2n) is 1.86. The Morgan fingerprint density at radius 1 is 1.60 bits per heavy atom. The van der Waals surface area contributed by atoms with Crippen molar-refractivity contribution in [2.75, 3.05) is 0 Å². The van der Waals surface area contributed by atoms with Gasteiger partial charge in [-0.25, -0.2) is 4.79 Å². The zero-order chi connectivity index (χ0) is 8.15. The van der Waals surface area contributed by atoms with Gasteiger partial charge in [-0.1, -0.05) is 6.08 Å². The van der Waals surface area contributed by atoms with E-state index >= 15 is 0 Å². The van der Waals surface area contributed by atoms with Crippen molar-refractivity contribution in [2.24, 2.45) is 0 Å². The van der Waals surface area contributed by atoms with Gasteiger partial charge in [-0.2, -0.15) is 0 Å². The van der Waals surface area contributed by atoms with Crippen LogP contribution < -0.4 is 0 Å². The third kappa shape index (κ3) is 2.35. The van der Waals surface area contributed by atoms with Crippen molar-refractivity contribution in [1.82, 2.24) is 0 Å². The van der Waals surface area contributed by atoms with Crippen molar-refractivity contribution in [3.05, 3.63) is 24.0 Å². The maximum absolute atomic E-state index is 10.3. The Balaban J connectivity index is 4.42. The minimum atomic E-state index is -1.10. The standard InChI is InChI=1S/C7H10O3/c1-3-4-6(5(2)8)7(9)10/h3,8H,1,4H2,2H3,(H,9,10)/b6-5-. The molecule has 0 atom stereocenters. The molecule has 0 radical (unpaired) electrons. The lowest BCUT2D eigenvalue weighted by atomic mass is 10.1. The summed E-state index contributed by atoms with van der Waals surface area (Å²) < 4.78 is 0. The van der Waals surface area contributed by atoms with E-state index in [1.54, 1.807) is 0 Å². The van der Waals surface area contributed by atoms with Gasteiger partial charge in [0.15, 0.2) is 0 Å². The smallest absolute Gasteiger partial charge is 0.335 e. The molecule has 0 amide bonds. The second kappa shape index (κ2) is 3.71. The normalized spacial score (nSPS) is 12.1. The first-order valence-electron chi connectivity index (χ1n) is 2.82. The quantitative estimate of drug-likeness (QED) is 0.356. The SMILES string of the molecule is C=CC/C(C(=O)O)=C(\C)O. The maximum atomic E-state index is 10.3. The number of aliphatic carboxylic acids is 1. The minimum Gasteiger partial charge on any atom is -0.512 e. The summed E-state index contributed by atoms with van der Waals surface area (Å²) >= 11 is 0. The van der Waals surface area contributed by atoms with Crippen molar-refractivity contribution in [3.63, 3.8) is 0 Å². The Hall–Kier alpha value is -1.25. The van der Waals surface area contributed by atoms with Crippen LogP contribution in [0.2, 0.25) is 0 Å². The number of carboxylic acids is 1. The van der Waals surface area contributed by atoms with E-state index in [1.807, 2.05) is 0 Å². The highest BCUT2D eigenvalue weighted by atomic mass is 16.4. The molecule has 2 N–H and O–H groups in total. The molecule has 0 aromatic carbocycles. The van der Waals surface area contributed by atoms with Gasteiger partial charge in [-0.15, -0.1) is 6.58 Å². The molecule has 0 saturated heterocycles. The van der Waals surface area contributed by atoms with Crippen molar-refractivity contribution >= 4 is 5.97 Å². The fourth-order valence-electron chi connectivity index (χ4n) is 0.534. The van der Waals surface area contributed by atoms with Crippen LogP contribution >= 0.6 is 0 Å². The topological polar surface area (TPSA) is 57.5 Å². The number of aliphatic hydroxyl groups is 1. The van der Waals surface area contributed by atoms with Gasteiger partial charge in [-0.05, 0) is 6.92 Å². The first-order valence-corrected chi connectivity index (χ1v) is 2.82. The lowest BCUT2D eigenvalue weighted by Gasteiger charge is -1.97. The Kier molecular flexibility index (Phi) is 3.25. The van der Waals surface area contributed by atoms with Gasteiger partial charge >= 0.3 is 5.97 Å². The van der Waals surface area contributed by atoms with Crippen molar-refractivity contribution < 1.29 is 15.0 Å². The van der Waals surface area contributed by atoms with Crippen LogP contribution in [0, 0.1) is 0 Å². The summed E-state index contributed by atoms with van der Waals surface area (Å²) in [6, 6.07) is 0. The Morgan fingerprint density at radius 3 is 2.20 bits per heavy atom. The Labute approximate surface area is 59.3 Å². The van der Waals surface area contributed by atoms with Gasteiger partial charge in [0.2, 0.25) is 0 Å². The number of aliphatic hydroxyl groups excluding tert-OH is 1. The van der Waals surface area contributed by atoms with Crippen LogP contribution in [-0.4, -0.2) is 16.2 Å². The van der Waals surface area contributed by atoms with Gasteiger partial charge in [0.25, 0.3) is 0 Å². The average Bonchev–Trinajstić information content (AvgIpc) is 1.81. The van der Waals surface area contributed by atoms with Crippen molar-refractivity contribution in [2.45, 2.75) is 13.3 Å². The first-order chi connectivity index (χ1) is 4.59. The fourth-order valence-corrected chi connectivity index (χ4v) is 0.534. The molecule has 0 bridgehead atoms. The molecule has 56 valence electrons. The summed E-state index contributed by atoms with van der Waals surface area (Å²) in [5.41, 5.74) is -0.00463. The summed E-state index contributed by atoms with van der Waals surface area (Å²) in [5.74, 6) is -1.26. The monoisotopic (exact) mass is 142 g/mol. The van der Waals surface area contributed by atoms with Crippen LogP contribution in [-0.2, 0) is 4.79 Å². The van der Waals surface area contributed by atoms with Crippen LogP contribution in [0.1, 0.15) is 13.3 Å². The highest BCUT2D eigenvalue weighted by Crippen LogP contribution is 2.06. The minimum absolute atomic E-state index is 0.00463. The molecule has 0 rings (SSSR count). The van der Waals surface area contributed by atoms with Gasteiger partial charge in [0.05, 0.1) is 11.3 Å². The van der Waals surface area contributed by atoms with E-state index in [-0.39, 0.29) is 17.8 Å². The van der Waals surface area contributed by atoms with E-state index in [2.05, 4.69) is 6.58 Å². The molecule has 0 unspecified atom stereocenters. The second-order valence-corrected chi connectivity index (χ2v) is 1.86. The molecule has 0 aromatic rings. The van der Waals surface area contributed by atoms with Crippen molar-refractivity contribution in [3.8, 4) is 0 Å². The largest absolute Gasteiger partial charge is 0.512 e. The lowest BCUT2D eigenvalue weighted by molar-refractivity contribution is -0.132. The molecular weight excluding hydrogens is 132 g/mol. The number of hydrogen-bond donors (Lipinski definition) is 2. The highest BCUT2D eigenvalue weighted by Gasteiger charge is 2.07. The summed E-state index contributed by atoms with van der Waals surface area (Å²) in [5, 5.41) is 17.2. The summed E-state index contributed by atoms with van der Waals surface area (Å²) in [7, 11) is 0. The predicted octanol–water partition coefficient (Wildman–Crippen LogP) is 1.48. The molecule has 3 heteroatoms. The number of hydrogen-bond acceptors (Lipinski definition) is 2. The highest BCUT2D eigenvalue weighted by molar-refractivity contribution is 5.87. The third-order valence-electron chi connectivity index (χ3n) is 1.04. The van der Waals surface area contributed by atoms with E-state index < -0.39 is 5.97 Å². The molecule has 0 aliphatic rings. The molecule has 0 spiro atoms. The van der Waals surface area contributed by atoms with Crippen molar-refractivity contribution in [1.29, 1.82) is 0 Å². The van der Waals surface area contributed by atoms with Gasteiger partial charge in [-0.3, -0.25) is 0 Å². The molecule has 0 heterocycles. The van der Waals surface area contributed by atoms with Crippen LogP contribution in [0.15, 0.2) is 24.0 Å². The van der Waals surface area contributed by atoms with Crippen LogP contribution in [0.25, 0.3) is 0 Å². The average molecular weight is 142 g/mol. The first kappa shape index (κ1) is 8.75. The Morgan fingerprint density at radius 2 is 2.10 bits per heavy atom. The van der Waals surface area contributed by atoms with Crippen LogP contribution in [0.5, 0.6) is 0 Å². The van der Waals surface area contributed by atoms with E-state index in [0.717, 1.165) is 0 Å². The number of rotatable bonds is 3. The van der Waals surface area contributed by atoms with E-state index in [0.29, 0.717) is 0 Å². The van der Waals surface area contributed by atoms with Gasteiger partial charge < -0.3 is 10.2 Å². The zero-order valence-corrected chi connectivity index (χ0v) is 5.79. The van der Waals surface area contributed by atoms with E-state index in [9.17, 15) is 4.79 Å². The van der Waals surface area contributed by atoms with Crippen LogP contribution in [0.3, 0.4) is 0 Å². The van der Waals surface area contributed by atoms with E-state index in [4.69, 9.17) is 10.2 Å². The third-order valence-corrected chi connectivity index (χ3v) is 1.04. The summed E-state index contributed by atoms with van der Waals surface area (Å²) in [6.45, 7) is 4.70. The molecule has 0 aliphatic carbocycles. The zero-order valence-electron chi connectivity index (χ0n) is 5.79. The maximum Gasteiger partial charge on any atom is 0.335 e. The molecule has 0 saturated carbocycles. The molecule has 3 nitrogen and oxygen atoms in total. The lowest BCUT2D eigenvalue weighted by Crippen LogP contribution is -2.02. The van der Waals surface area contributed by atoms with Crippen LogP contribution in [0.4, 0.5) is 0 Å². The number of carboxylic acid groups (broad SMARTS) is 1. The van der Waals surface area contributed by atoms with Gasteiger partial charge in [0.1, 0.15) is 0 Å². The number of allylic oxidation sites excluding steroid dienone is 2.